The van der Waals surface area contributed by atoms with E-state index < -0.39 is 0 Å². The van der Waals surface area contributed by atoms with Crippen LogP contribution in [-0.2, 0) is 21.4 Å². The SMILES string of the molecule is COC(=O)C=Cc1ccc(C2CCCN2CCc2c(C(C)(C)C)[nH]c3cc([N+](=O)[O-])ccc23)cc1. The Balaban J connectivity index is 1.54. The first-order chi connectivity index (χ1) is 16.7. The number of esters is 1. The maximum Gasteiger partial charge on any atom is 0.330 e. The lowest BCUT2D eigenvalue weighted by Gasteiger charge is -2.26. The molecule has 1 aliphatic rings. The van der Waals surface area contributed by atoms with Gasteiger partial charge < -0.3 is 9.72 Å². The van der Waals surface area contributed by atoms with E-state index in [1.165, 1.54) is 24.3 Å². The lowest BCUT2D eigenvalue weighted by atomic mass is 9.88. The number of rotatable bonds is 7. The predicted molar refractivity (Wildman–Crippen MR) is 138 cm³/mol. The Morgan fingerprint density at radius 2 is 1.97 bits per heavy atom. The topological polar surface area (TPSA) is 88.5 Å². The Morgan fingerprint density at radius 1 is 1.23 bits per heavy atom. The van der Waals surface area contributed by atoms with E-state index in [9.17, 15) is 14.9 Å². The summed E-state index contributed by atoms with van der Waals surface area (Å²) in [5.74, 6) is -0.363. The quantitative estimate of drug-likeness (QED) is 0.198. The largest absolute Gasteiger partial charge is 0.466 e. The molecule has 2 aromatic carbocycles. The van der Waals surface area contributed by atoms with Crippen LogP contribution in [0.5, 0.6) is 0 Å². The number of hydrogen-bond acceptors (Lipinski definition) is 5. The number of nitro benzene ring substituents is 1. The number of methoxy groups -OCH3 is 1. The molecule has 1 unspecified atom stereocenters. The molecule has 1 N–H and O–H groups in total. The van der Waals surface area contributed by atoms with Crippen molar-refractivity contribution in [2.24, 2.45) is 0 Å². The third-order valence-electron chi connectivity index (χ3n) is 6.80. The third kappa shape index (κ3) is 5.46. The number of ether oxygens (including phenoxy) is 1. The highest BCUT2D eigenvalue weighted by Gasteiger charge is 2.28. The van der Waals surface area contributed by atoms with Gasteiger partial charge in [-0.1, -0.05) is 45.0 Å². The molecule has 184 valence electrons. The maximum absolute atomic E-state index is 11.3. The van der Waals surface area contributed by atoms with Gasteiger partial charge >= 0.3 is 5.97 Å². The van der Waals surface area contributed by atoms with Gasteiger partial charge in [0.2, 0.25) is 0 Å². The summed E-state index contributed by atoms with van der Waals surface area (Å²) < 4.78 is 4.66. The number of nitro groups is 1. The van der Waals surface area contributed by atoms with Crippen LogP contribution in [0.4, 0.5) is 5.69 Å². The summed E-state index contributed by atoms with van der Waals surface area (Å²) in [6.07, 6.45) is 6.34. The second kappa shape index (κ2) is 10.0. The molecule has 0 saturated carbocycles. The molecule has 4 rings (SSSR count). The molecule has 7 heteroatoms. The Morgan fingerprint density at radius 3 is 2.63 bits per heavy atom. The number of likely N-dealkylation sites (tertiary alicyclic amines) is 1. The number of aromatic nitrogens is 1. The van der Waals surface area contributed by atoms with Crippen LogP contribution in [-0.4, -0.2) is 41.0 Å². The molecular formula is C28H33N3O4. The number of nitrogens with zero attached hydrogens (tertiary/aromatic N) is 2. The lowest BCUT2D eigenvalue weighted by Crippen LogP contribution is -2.26. The van der Waals surface area contributed by atoms with Crippen molar-refractivity contribution in [3.63, 3.8) is 0 Å². The van der Waals surface area contributed by atoms with Crippen molar-refractivity contribution >= 4 is 28.6 Å². The number of benzene rings is 2. The number of aromatic amines is 1. The molecule has 0 bridgehead atoms. The Bertz CT molecular complexity index is 1250. The number of hydrogen-bond donors (Lipinski definition) is 1. The number of carbonyl (C=O) groups is 1. The van der Waals surface area contributed by atoms with E-state index in [4.69, 9.17) is 0 Å². The van der Waals surface area contributed by atoms with Crippen LogP contribution in [0.15, 0.2) is 48.5 Å². The highest BCUT2D eigenvalue weighted by atomic mass is 16.6. The minimum absolute atomic E-state index is 0.0961. The monoisotopic (exact) mass is 475 g/mol. The number of fused-ring (bicyclic) bond motifs is 1. The minimum Gasteiger partial charge on any atom is -0.466 e. The normalized spacial score (nSPS) is 16.9. The van der Waals surface area contributed by atoms with Crippen LogP contribution < -0.4 is 0 Å². The third-order valence-corrected chi connectivity index (χ3v) is 6.80. The van der Waals surface area contributed by atoms with Crippen molar-refractivity contribution in [2.75, 3.05) is 20.2 Å². The van der Waals surface area contributed by atoms with Crippen molar-refractivity contribution in [1.82, 2.24) is 9.88 Å². The van der Waals surface area contributed by atoms with Crippen molar-refractivity contribution < 1.29 is 14.5 Å². The zero-order valence-electron chi connectivity index (χ0n) is 20.8. The molecule has 0 amide bonds. The molecule has 1 atom stereocenters. The minimum atomic E-state index is -0.363. The van der Waals surface area contributed by atoms with Crippen molar-refractivity contribution in [1.29, 1.82) is 0 Å². The van der Waals surface area contributed by atoms with Gasteiger partial charge in [-0.05, 0) is 54.6 Å². The molecule has 7 nitrogen and oxygen atoms in total. The molecule has 1 saturated heterocycles. The first kappa shape index (κ1) is 24.7. The van der Waals surface area contributed by atoms with Crippen LogP contribution in [0.3, 0.4) is 0 Å². The van der Waals surface area contributed by atoms with Gasteiger partial charge in [0.25, 0.3) is 5.69 Å². The Kier molecular flexibility index (Phi) is 7.08. The van der Waals surface area contributed by atoms with Gasteiger partial charge in [0, 0.05) is 47.3 Å². The zero-order chi connectivity index (χ0) is 25.2. The van der Waals surface area contributed by atoms with E-state index in [1.807, 2.05) is 18.2 Å². The molecule has 35 heavy (non-hydrogen) atoms. The van der Waals surface area contributed by atoms with Gasteiger partial charge in [0.15, 0.2) is 0 Å². The lowest BCUT2D eigenvalue weighted by molar-refractivity contribution is -0.384. The molecule has 1 aromatic heterocycles. The van der Waals surface area contributed by atoms with Gasteiger partial charge in [0.1, 0.15) is 0 Å². The standard InChI is InChI=1S/C28H33N3O4/c1-28(2,3)27-23(22-13-12-21(31(33)34)18-24(22)29-27)15-17-30-16-5-6-25(30)20-10-7-19(8-11-20)9-14-26(32)35-4/h7-14,18,25,29H,5-6,15-17H2,1-4H3. The van der Waals surface area contributed by atoms with Crippen LogP contribution >= 0.6 is 0 Å². The molecule has 0 spiro atoms. The molecule has 0 radical (unpaired) electrons. The van der Waals surface area contributed by atoms with Gasteiger partial charge in [-0.25, -0.2) is 4.79 Å². The van der Waals surface area contributed by atoms with E-state index in [-0.39, 0.29) is 22.0 Å². The van der Waals surface area contributed by atoms with Gasteiger partial charge in [-0.3, -0.25) is 15.0 Å². The summed E-state index contributed by atoms with van der Waals surface area (Å²) in [6, 6.07) is 13.8. The van der Waals surface area contributed by atoms with E-state index in [2.05, 4.69) is 47.5 Å². The van der Waals surface area contributed by atoms with E-state index in [1.54, 1.807) is 18.2 Å². The Hall–Kier alpha value is -3.45. The second-order valence-electron chi connectivity index (χ2n) is 10.2. The fourth-order valence-corrected chi connectivity index (χ4v) is 5.05. The fourth-order valence-electron chi connectivity index (χ4n) is 5.05. The Labute approximate surface area is 205 Å². The zero-order valence-corrected chi connectivity index (χ0v) is 20.8. The molecular weight excluding hydrogens is 442 g/mol. The van der Waals surface area contributed by atoms with Crippen molar-refractivity contribution in [3.05, 3.63) is 81.0 Å². The number of carbonyl (C=O) groups excluding carboxylic acids is 1. The molecule has 3 aromatic rings. The van der Waals surface area contributed by atoms with Crippen LogP contribution in [0.2, 0.25) is 0 Å². The van der Waals surface area contributed by atoms with Crippen molar-refractivity contribution in [2.45, 2.75) is 51.5 Å². The highest BCUT2D eigenvalue weighted by molar-refractivity contribution is 5.87. The van der Waals surface area contributed by atoms with Gasteiger partial charge in [0.05, 0.1) is 17.5 Å². The number of non-ortho nitro benzene ring substituents is 1. The summed E-state index contributed by atoms with van der Waals surface area (Å²) in [7, 11) is 1.37. The molecule has 1 fully saturated rings. The smallest absolute Gasteiger partial charge is 0.330 e. The first-order valence-corrected chi connectivity index (χ1v) is 12.1. The fraction of sp³-hybridized carbons (Fsp3) is 0.393. The first-order valence-electron chi connectivity index (χ1n) is 12.1. The van der Waals surface area contributed by atoms with Crippen LogP contribution in [0.25, 0.3) is 17.0 Å². The van der Waals surface area contributed by atoms with Crippen LogP contribution in [0.1, 0.15) is 62.0 Å². The molecule has 0 aliphatic carbocycles. The van der Waals surface area contributed by atoms with E-state index in [0.717, 1.165) is 54.5 Å². The van der Waals surface area contributed by atoms with Gasteiger partial charge in [-0.15, -0.1) is 0 Å². The molecule has 2 heterocycles. The average Bonchev–Trinajstić information content (AvgIpc) is 3.45. The summed E-state index contributed by atoms with van der Waals surface area (Å²) in [5, 5.41) is 12.3. The predicted octanol–water partition coefficient (Wildman–Crippen LogP) is 5.94. The second-order valence-corrected chi connectivity index (χ2v) is 10.2. The summed E-state index contributed by atoms with van der Waals surface area (Å²) >= 11 is 0. The number of H-pyrrole nitrogens is 1. The summed E-state index contributed by atoms with van der Waals surface area (Å²) in [5.41, 5.74) is 5.47. The van der Waals surface area contributed by atoms with E-state index >= 15 is 0 Å². The summed E-state index contributed by atoms with van der Waals surface area (Å²) in [4.78, 5) is 28.3. The number of nitrogens with one attached hydrogen (secondary N) is 1. The average molecular weight is 476 g/mol. The molecule has 1 aliphatic heterocycles. The van der Waals surface area contributed by atoms with Gasteiger partial charge in [-0.2, -0.15) is 0 Å². The van der Waals surface area contributed by atoms with E-state index in [0.29, 0.717) is 6.04 Å². The maximum atomic E-state index is 11.3. The van der Waals surface area contributed by atoms with Crippen LogP contribution in [0, 0.1) is 10.1 Å². The summed E-state index contributed by atoms with van der Waals surface area (Å²) in [6.45, 7) is 8.48. The highest BCUT2D eigenvalue weighted by Crippen LogP contribution is 2.36. The van der Waals surface area contributed by atoms with Crippen molar-refractivity contribution in [3.8, 4) is 0 Å².